The number of hydrogen-bond donors (Lipinski definition) is 3. The van der Waals surface area contributed by atoms with Crippen LogP contribution in [0, 0.1) is 11.8 Å². The lowest BCUT2D eigenvalue weighted by molar-refractivity contribution is -0.150. The van der Waals surface area contributed by atoms with Crippen molar-refractivity contribution in [2.45, 2.75) is 194 Å². The summed E-state index contributed by atoms with van der Waals surface area (Å²) in [6, 6.07) is -0.810. The third-order valence-electron chi connectivity index (χ3n) is 9.40. The fraction of sp³-hybridized carbons (Fsp3) is 0.878. The Morgan fingerprint density at radius 2 is 0.923 bits per heavy atom. The van der Waals surface area contributed by atoms with Crippen molar-refractivity contribution in [3.05, 3.63) is 0 Å². The third kappa shape index (κ3) is 28.7. The number of carbonyl (C=O) groups excluding carboxylic acids is 4. The van der Waals surface area contributed by atoms with Crippen molar-refractivity contribution in [1.29, 1.82) is 0 Å². The molecule has 0 radical (unpaired) electrons. The van der Waals surface area contributed by atoms with Gasteiger partial charge >= 0.3 is 17.9 Å². The molecule has 0 aliphatic carbocycles. The summed E-state index contributed by atoms with van der Waals surface area (Å²) in [7, 11) is 0. The van der Waals surface area contributed by atoms with Gasteiger partial charge in [-0.2, -0.15) is 0 Å². The largest absolute Gasteiger partial charge is 0.465 e. The lowest BCUT2D eigenvalue weighted by Crippen LogP contribution is -2.42. The number of guanidine groups is 1. The van der Waals surface area contributed by atoms with Gasteiger partial charge in [-0.1, -0.05) is 124 Å². The highest BCUT2D eigenvalue weighted by molar-refractivity contribution is 5.84. The average Bonchev–Trinajstić information content (AvgIpc) is 3.12. The summed E-state index contributed by atoms with van der Waals surface area (Å²) in [5.41, 5.74) is 10.9. The van der Waals surface area contributed by atoms with E-state index >= 15 is 0 Å². The van der Waals surface area contributed by atoms with Gasteiger partial charge in [0.25, 0.3) is 0 Å². The van der Waals surface area contributed by atoms with Gasteiger partial charge in [0.15, 0.2) is 5.96 Å². The molecular formula is C41H78N4O7. The van der Waals surface area contributed by atoms with Crippen LogP contribution in [0.15, 0.2) is 4.99 Å². The van der Waals surface area contributed by atoms with Gasteiger partial charge in [-0.25, -0.2) is 4.79 Å². The van der Waals surface area contributed by atoms with Crippen LogP contribution < -0.4 is 16.8 Å². The topological polar surface area (TPSA) is 172 Å². The van der Waals surface area contributed by atoms with Gasteiger partial charge in [-0.3, -0.25) is 19.4 Å². The molecule has 11 nitrogen and oxygen atoms in total. The number of carbonyl (C=O) groups is 4. The molecule has 3 atom stereocenters. The number of ether oxygens (including phenoxy) is 3. The van der Waals surface area contributed by atoms with Crippen molar-refractivity contribution < 1.29 is 33.4 Å². The van der Waals surface area contributed by atoms with E-state index in [1.165, 1.54) is 0 Å². The van der Waals surface area contributed by atoms with Crippen LogP contribution in [0.3, 0.4) is 0 Å². The van der Waals surface area contributed by atoms with E-state index in [0.717, 1.165) is 141 Å². The van der Waals surface area contributed by atoms with E-state index in [1.807, 2.05) is 0 Å². The molecule has 52 heavy (non-hydrogen) atoms. The standard InChI is InChI=1S/C41H78N4O7/c1-5-9-18-26-34(24-7-3)38(47)50-31-21-15-11-12-16-23-33-52-40(49)36(29-30-44-41(42)43)45-37(46)28-20-14-13-17-22-32-51-39(48)35(25-8-4)27-19-10-6-2/h34-36H,5-33H2,1-4H3,(H,45,46)(H4,42,43,44)/t34?,35?,36-/m0/s1. The van der Waals surface area contributed by atoms with Gasteiger partial charge in [-0.15, -0.1) is 0 Å². The summed E-state index contributed by atoms with van der Waals surface area (Å²) in [6.45, 7) is 9.98. The number of nitrogens with zero attached hydrogens (tertiary/aromatic N) is 1. The number of amides is 1. The van der Waals surface area contributed by atoms with Crippen LogP contribution in [0.25, 0.3) is 0 Å². The van der Waals surface area contributed by atoms with Crippen molar-refractivity contribution >= 4 is 29.8 Å². The molecule has 304 valence electrons. The minimum absolute atomic E-state index is 0.0190. The Balaban J connectivity index is 4.25. The Morgan fingerprint density at radius 3 is 1.35 bits per heavy atom. The number of rotatable bonds is 36. The zero-order chi connectivity index (χ0) is 38.7. The van der Waals surface area contributed by atoms with Crippen LogP contribution in [-0.4, -0.2) is 62.2 Å². The van der Waals surface area contributed by atoms with E-state index in [-0.39, 0.29) is 55.2 Å². The van der Waals surface area contributed by atoms with Gasteiger partial charge in [0.1, 0.15) is 6.04 Å². The normalized spacial score (nSPS) is 12.8. The van der Waals surface area contributed by atoms with E-state index in [1.54, 1.807) is 0 Å². The highest BCUT2D eigenvalue weighted by Crippen LogP contribution is 2.19. The number of unbranched alkanes of at least 4 members (excludes halogenated alkanes) is 13. The maximum absolute atomic E-state index is 12.8. The molecular weight excluding hydrogens is 660 g/mol. The molecule has 0 fully saturated rings. The number of aliphatic imine (C=N–C) groups is 1. The molecule has 0 saturated heterocycles. The van der Waals surface area contributed by atoms with Crippen LogP contribution in [0.5, 0.6) is 0 Å². The maximum Gasteiger partial charge on any atom is 0.328 e. The monoisotopic (exact) mass is 739 g/mol. The molecule has 0 aromatic rings. The first-order valence-corrected chi connectivity index (χ1v) is 21.0. The molecule has 0 aliphatic heterocycles. The summed E-state index contributed by atoms with van der Waals surface area (Å²) in [6.07, 6.45) is 22.8. The molecule has 0 spiro atoms. The summed E-state index contributed by atoms with van der Waals surface area (Å²) in [5, 5.41) is 2.81. The highest BCUT2D eigenvalue weighted by Gasteiger charge is 2.22. The Labute approximate surface area is 316 Å². The fourth-order valence-electron chi connectivity index (χ4n) is 6.26. The molecule has 0 aromatic carbocycles. The van der Waals surface area contributed by atoms with Crippen LogP contribution >= 0.6 is 0 Å². The molecule has 0 bridgehead atoms. The summed E-state index contributed by atoms with van der Waals surface area (Å²) < 4.78 is 16.6. The van der Waals surface area contributed by atoms with Crippen LogP contribution in [0.2, 0.25) is 0 Å². The Morgan fingerprint density at radius 1 is 0.500 bits per heavy atom. The van der Waals surface area contributed by atoms with Crippen molar-refractivity contribution in [3.8, 4) is 0 Å². The molecule has 2 unspecified atom stereocenters. The number of nitrogens with one attached hydrogen (secondary N) is 1. The van der Waals surface area contributed by atoms with Crippen molar-refractivity contribution in [3.63, 3.8) is 0 Å². The van der Waals surface area contributed by atoms with E-state index in [0.29, 0.717) is 26.1 Å². The molecule has 5 N–H and O–H groups in total. The first kappa shape index (κ1) is 49.1. The number of nitrogens with two attached hydrogens (primary N) is 2. The number of esters is 3. The molecule has 0 heterocycles. The zero-order valence-electron chi connectivity index (χ0n) is 33.7. The molecule has 1 amide bonds. The lowest BCUT2D eigenvalue weighted by Gasteiger charge is -2.17. The van der Waals surface area contributed by atoms with Crippen LogP contribution in [0.1, 0.15) is 188 Å². The molecule has 11 heteroatoms. The van der Waals surface area contributed by atoms with Crippen molar-refractivity contribution in [2.75, 3.05) is 26.4 Å². The Kier molecular flexibility index (Phi) is 33.3. The highest BCUT2D eigenvalue weighted by atomic mass is 16.5. The van der Waals surface area contributed by atoms with Crippen molar-refractivity contribution in [1.82, 2.24) is 5.32 Å². The van der Waals surface area contributed by atoms with Gasteiger partial charge in [0.05, 0.1) is 31.7 Å². The van der Waals surface area contributed by atoms with Crippen molar-refractivity contribution in [2.24, 2.45) is 28.3 Å². The summed E-state index contributed by atoms with van der Waals surface area (Å²) >= 11 is 0. The Bertz CT molecular complexity index is 942. The summed E-state index contributed by atoms with van der Waals surface area (Å²) in [4.78, 5) is 54.3. The van der Waals surface area contributed by atoms with E-state index in [4.69, 9.17) is 25.7 Å². The second-order valence-corrected chi connectivity index (χ2v) is 14.3. The molecule has 0 saturated carbocycles. The van der Waals surface area contributed by atoms with E-state index < -0.39 is 12.0 Å². The quantitative estimate of drug-likeness (QED) is 0.0187. The van der Waals surface area contributed by atoms with Gasteiger partial charge in [0.2, 0.25) is 5.91 Å². The predicted octanol–water partition coefficient (Wildman–Crippen LogP) is 8.44. The second kappa shape index (κ2) is 35.2. The Hall–Kier alpha value is -2.85. The smallest absolute Gasteiger partial charge is 0.328 e. The fourth-order valence-corrected chi connectivity index (χ4v) is 6.26. The SMILES string of the molecule is CCCCCC(CCC)C(=O)OCCCCCCCCOC(=O)[C@H](CCN=C(N)N)NC(=O)CCCCCCCOC(=O)C(CCC)CCCCC. The first-order chi connectivity index (χ1) is 25.2. The molecule has 0 aromatic heterocycles. The maximum atomic E-state index is 12.8. The average molecular weight is 739 g/mol. The minimum atomic E-state index is -0.810. The van der Waals surface area contributed by atoms with E-state index in [2.05, 4.69) is 38.0 Å². The number of hydrogen-bond acceptors (Lipinski definition) is 8. The second-order valence-electron chi connectivity index (χ2n) is 14.3. The van der Waals surface area contributed by atoms with E-state index in [9.17, 15) is 19.2 Å². The molecule has 0 aliphatic rings. The third-order valence-corrected chi connectivity index (χ3v) is 9.40. The zero-order valence-corrected chi connectivity index (χ0v) is 33.7. The molecule has 0 rings (SSSR count). The van der Waals surface area contributed by atoms with Crippen LogP contribution in [-0.2, 0) is 33.4 Å². The van der Waals surface area contributed by atoms with Gasteiger partial charge in [0, 0.05) is 13.0 Å². The minimum Gasteiger partial charge on any atom is -0.465 e. The van der Waals surface area contributed by atoms with Gasteiger partial charge in [-0.05, 0) is 57.8 Å². The summed E-state index contributed by atoms with van der Waals surface area (Å²) in [5.74, 6) is -0.782. The van der Waals surface area contributed by atoms with Gasteiger partial charge < -0.3 is 31.0 Å². The predicted molar refractivity (Wildman–Crippen MR) is 211 cm³/mol. The first-order valence-electron chi connectivity index (χ1n) is 21.0. The van der Waals surface area contributed by atoms with Crippen LogP contribution in [0.4, 0.5) is 0 Å². The lowest BCUT2D eigenvalue weighted by atomic mass is 9.97.